The first-order valence-electron chi connectivity index (χ1n) is 6.15. The van der Waals surface area contributed by atoms with Crippen LogP contribution in [0.3, 0.4) is 0 Å². The van der Waals surface area contributed by atoms with E-state index in [2.05, 4.69) is 20.0 Å². The van der Waals surface area contributed by atoms with Gasteiger partial charge in [0.1, 0.15) is 11.6 Å². The lowest BCUT2D eigenvalue weighted by atomic mass is 10.3. The molecular weight excluding hydrogens is 246 g/mol. The number of hydrogen-bond donors (Lipinski definition) is 2. The largest absolute Gasteiger partial charge is 0.463 e. The lowest BCUT2D eigenvalue weighted by molar-refractivity contribution is 0.0563. The molecule has 19 heavy (non-hydrogen) atoms. The molecule has 0 unspecified atom stereocenters. The van der Waals surface area contributed by atoms with Crippen molar-refractivity contribution in [2.45, 2.75) is 19.4 Å². The Morgan fingerprint density at radius 1 is 1.53 bits per heavy atom. The average Bonchev–Trinajstić information content (AvgIpc) is 3.08. The second-order valence-corrected chi connectivity index (χ2v) is 4.07. The van der Waals surface area contributed by atoms with Crippen molar-refractivity contribution in [2.75, 3.05) is 13.7 Å². The molecule has 0 fully saturated rings. The first-order chi connectivity index (χ1) is 9.29. The van der Waals surface area contributed by atoms with E-state index in [0.717, 1.165) is 31.0 Å². The van der Waals surface area contributed by atoms with E-state index in [9.17, 15) is 4.79 Å². The number of nitrogens with zero attached hydrogens (tertiary/aromatic N) is 1. The molecule has 102 valence electrons. The summed E-state index contributed by atoms with van der Waals surface area (Å²) in [7, 11) is 1.33. The molecule has 6 heteroatoms. The van der Waals surface area contributed by atoms with Crippen LogP contribution in [0.15, 0.2) is 28.9 Å². The molecule has 2 N–H and O–H groups in total. The Kier molecular flexibility index (Phi) is 4.74. The summed E-state index contributed by atoms with van der Waals surface area (Å²) in [5, 5.41) is 3.25. The number of aromatic nitrogens is 2. The quantitative estimate of drug-likeness (QED) is 0.584. The van der Waals surface area contributed by atoms with Gasteiger partial charge in [0.2, 0.25) is 5.76 Å². The van der Waals surface area contributed by atoms with Crippen LogP contribution >= 0.6 is 0 Å². The standard InChI is InChI=1S/C13H17N3O3/c1-18-13(17)11-5-4-10(19-11)9-14-6-2-3-12-15-7-8-16-12/h4-5,7-8,14H,2-3,6,9H2,1H3,(H,15,16). The van der Waals surface area contributed by atoms with Gasteiger partial charge < -0.3 is 19.5 Å². The fourth-order valence-corrected chi connectivity index (χ4v) is 1.71. The predicted molar refractivity (Wildman–Crippen MR) is 68.7 cm³/mol. The van der Waals surface area contributed by atoms with Gasteiger partial charge in [-0.15, -0.1) is 0 Å². The number of hydrogen-bond acceptors (Lipinski definition) is 5. The summed E-state index contributed by atoms with van der Waals surface area (Å²) in [5.41, 5.74) is 0. The molecule has 2 heterocycles. The van der Waals surface area contributed by atoms with Crippen molar-refractivity contribution in [3.8, 4) is 0 Å². The van der Waals surface area contributed by atoms with Crippen LogP contribution < -0.4 is 5.32 Å². The van der Waals surface area contributed by atoms with Gasteiger partial charge in [0.05, 0.1) is 13.7 Å². The lowest BCUT2D eigenvalue weighted by Crippen LogP contribution is -2.15. The molecule has 0 spiro atoms. The molecule has 2 aromatic rings. The third-order valence-electron chi connectivity index (χ3n) is 2.67. The number of carbonyl (C=O) groups is 1. The monoisotopic (exact) mass is 263 g/mol. The van der Waals surface area contributed by atoms with E-state index in [1.54, 1.807) is 18.3 Å². The number of rotatable bonds is 7. The maximum atomic E-state index is 11.2. The van der Waals surface area contributed by atoms with E-state index in [4.69, 9.17) is 4.42 Å². The Hall–Kier alpha value is -2.08. The zero-order valence-corrected chi connectivity index (χ0v) is 10.8. The maximum Gasteiger partial charge on any atom is 0.373 e. The first-order valence-corrected chi connectivity index (χ1v) is 6.15. The van der Waals surface area contributed by atoms with Gasteiger partial charge in [0.15, 0.2) is 0 Å². The summed E-state index contributed by atoms with van der Waals surface area (Å²) in [4.78, 5) is 18.4. The lowest BCUT2D eigenvalue weighted by Gasteiger charge is -2.01. The molecule has 0 saturated carbocycles. The SMILES string of the molecule is COC(=O)c1ccc(CNCCCc2ncc[nH]2)o1. The number of nitrogens with one attached hydrogen (secondary N) is 2. The molecular formula is C13H17N3O3. The van der Waals surface area contributed by atoms with Crippen molar-refractivity contribution >= 4 is 5.97 Å². The number of imidazole rings is 1. The molecule has 0 aromatic carbocycles. The second kappa shape index (κ2) is 6.75. The molecule has 2 rings (SSSR count). The van der Waals surface area contributed by atoms with Crippen molar-refractivity contribution in [2.24, 2.45) is 0 Å². The zero-order chi connectivity index (χ0) is 13.5. The van der Waals surface area contributed by atoms with E-state index in [-0.39, 0.29) is 5.76 Å². The van der Waals surface area contributed by atoms with Crippen LogP contribution in [0.5, 0.6) is 0 Å². The van der Waals surface area contributed by atoms with E-state index in [1.807, 2.05) is 6.20 Å². The fraction of sp³-hybridized carbons (Fsp3) is 0.385. The molecule has 0 aliphatic carbocycles. The van der Waals surface area contributed by atoms with E-state index in [0.29, 0.717) is 6.54 Å². The number of esters is 1. The number of H-pyrrole nitrogens is 1. The Morgan fingerprint density at radius 2 is 2.42 bits per heavy atom. The first kappa shape index (κ1) is 13.4. The molecule has 0 aliphatic heterocycles. The molecule has 0 atom stereocenters. The molecule has 6 nitrogen and oxygen atoms in total. The maximum absolute atomic E-state index is 11.2. The third kappa shape index (κ3) is 3.96. The summed E-state index contributed by atoms with van der Waals surface area (Å²) in [5.74, 6) is 1.49. The summed E-state index contributed by atoms with van der Waals surface area (Å²) in [6, 6.07) is 3.39. The molecule has 0 aliphatic rings. The zero-order valence-electron chi connectivity index (χ0n) is 10.8. The van der Waals surface area contributed by atoms with Crippen molar-refractivity contribution in [1.82, 2.24) is 15.3 Å². The van der Waals surface area contributed by atoms with Crippen LogP contribution in [0.4, 0.5) is 0 Å². The minimum atomic E-state index is -0.455. The van der Waals surface area contributed by atoms with Gasteiger partial charge in [-0.2, -0.15) is 0 Å². The fourth-order valence-electron chi connectivity index (χ4n) is 1.71. The summed E-state index contributed by atoms with van der Waals surface area (Å²) < 4.78 is 9.90. The number of carbonyl (C=O) groups excluding carboxylic acids is 1. The van der Waals surface area contributed by atoms with Gasteiger partial charge in [-0.1, -0.05) is 0 Å². The van der Waals surface area contributed by atoms with E-state index in [1.165, 1.54) is 7.11 Å². The van der Waals surface area contributed by atoms with Crippen LogP contribution in [0.25, 0.3) is 0 Å². The van der Waals surface area contributed by atoms with E-state index < -0.39 is 5.97 Å². The Labute approximate surface area is 111 Å². The minimum absolute atomic E-state index is 0.231. The number of furan rings is 1. The average molecular weight is 263 g/mol. The van der Waals surface area contributed by atoms with Gasteiger partial charge in [0, 0.05) is 18.8 Å². The normalized spacial score (nSPS) is 10.6. The Balaban J connectivity index is 1.65. The van der Waals surface area contributed by atoms with Crippen LogP contribution in [-0.4, -0.2) is 29.6 Å². The van der Waals surface area contributed by atoms with Gasteiger partial charge in [-0.25, -0.2) is 9.78 Å². The third-order valence-corrected chi connectivity index (χ3v) is 2.67. The van der Waals surface area contributed by atoms with Gasteiger partial charge in [-0.05, 0) is 25.1 Å². The molecule has 0 bridgehead atoms. The highest BCUT2D eigenvalue weighted by atomic mass is 16.5. The van der Waals surface area contributed by atoms with Crippen molar-refractivity contribution in [3.05, 3.63) is 41.9 Å². The minimum Gasteiger partial charge on any atom is -0.463 e. The Bertz CT molecular complexity index is 505. The highest BCUT2D eigenvalue weighted by Gasteiger charge is 2.10. The molecule has 0 saturated heterocycles. The second-order valence-electron chi connectivity index (χ2n) is 4.07. The van der Waals surface area contributed by atoms with Gasteiger partial charge >= 0.3 is 5.97 Å². The van der Waals surface area contributed by atoms with Crippen LogP contribution in [-0.2, 0) is 17.7 Å². The highest BCUT2D eigenvalue weighted by molar-refractivity contribution is 5.86. The topological polar surface area (TPSA) is 80.1 Å². The van der Waals surface area contributed by atoms with Crippen molar-refractivity contribution < 1.29 is 13.9 Å². The van der Waals surface area contributed by atoms with Crippen LogP contribution in [0.2, 0.25) is 0 Å². The molecule has 0 amide bonds. The highest BCUT2D eigenvalue weighted by Crippen LogP contribution is 2.08. The number of aromatic amines is 1. The number of ether oxygens (including phenoxy) is 1. The summed E-state index contributed by atoms with van der Waals surface area (Å²) in [6.45, 7) is 1.45. The van der Waals surface area contributed by atoms with Crippen molar-refractivity contribution in [3.63, 3.8) is 0 Å². The predicted octanol–water partition coefficient (Wildman–Crippen LogP) is 1.51. The number of aryl methyl sites for hydroxylation is 1. The van der Waals surface area contributed by atoms with Gasteiger partial charge in [0.25, 0.3) is 0 Å². The van der Waals surface area contributed by atoms with Gasteiger partial charge in [-0.3, -0.25) is 0 Å². The summed E-state index contributed by atoms with van der Waals surface area (Å²) in [6.07, 6.45) is 5.46. The smallest absolute Gasteiger partial charge is 0.373 e. The van der Waals surface area contributed by atoms with Crippen LogP contribution in [0, 0.1) is 0 Å². The van der Waals surface area contributed by atoms with E-state index >= 15 is 0 Å². The summed E-state index contributed by atoms with van der Waals surface area (Å²) >= 11 is 0. The van der Waals surface area contributed by atoms with Crippen LogP contribution in [0.1, 0.15) is 28.6 Å². The van der Waals surface area contributed by atoms with Crippen molar-refractivity contribution in [1.29, 1.82) is 0 Å². The molecule has 0 radical (unpaired) electrons. The molecule has 2 aromatic heterocycles. The Morgan fingerprint density at radius 3 is 3.16 bits per heavy atom. The number of methoxy groups -OCH3 is 1.